The highest BCUT2D eigenvalue weighted by Crippen LogP contribution is 2.30. The summed E-state index contributed by atoms with van der Waals surface area (Å²) >= 11 is 0. The van der Waals surface area contributed by atoms with Gasteiger partial charge in [-0.3, -0.25) is 9.59 Å². The van der Waals surface area contributed by atoms with Crippen LogP contribution in [0.15, 0.2) is 109 Å². The van der Waals surface area contributed by atoms with Crippen LogP contribution in [0.5, 0.6) is 11.5 Å². The second-order valence-corrected chi connectivity index (χ2v) is 11.0. The zero-order valence-electron chi connectivity index (χ0n) is 26.3. The van der Waals surface area contributed by atoms with E-state index < -0.39 is 0 Å². The molecule has 0 fully saturated rings. The second-order valence-electron chi connectivity index (χ2n) is 11.0. The first-order valence-corrected chi connectivity index (χ1v) is 15.6. The van der Waals surface area contributed by atoms with E-state index in [4.69, 9.17) is 9.47 Å². The predicted octanol–water partition coefficient (Wildman–Crippen LogP) is 8.24. The molecule has 2 amide bonds. The highest BCUT2D eigenvalue weighted by atomic mass is 16.5. The quantitative estimate of drug-likeness (QED) is 0.140. The Hall–Kier alpha value is -4.58. The molecular formula is C38H44N2O4. The molecule has 0 aromatic heterocycles. The summed E-state index contributed by atoms with van der Waals surface area (Å²) in [7, 11) is 0. The first kappa shape index (κ1) is 32.3. The summed E-state index contributed by atoms with van der Waals surface area (Å²) in [5.74, 6) is 1.70. The van der Waals surface area contributed by atoms with Gasteiger partial charge < -0.3 is 19.3 Å². The largest absolute Gasteiger partial charge is 0.483 e. The second kappa shape index (κ2) is 16.3. The van der Waals surface area contributed by atoms with E-state index in [1.54, 1.807) is 9.80 Å². The fourth-order valence-corrected chi connectivity index (χ4v) is 5.12. The van der Waals surface area contributed by atoms with Crippen molar-refractivity contribution in [2.45, 2.75) is 52.4 Å². The maximum Gasteiger partial charge on any atom is 0.264 e. The number of ether oxygens (including phenoxy) is 2. The van der Waals surface area contributed by atoms with Crippen molar-refractivity contribution in [1.82, 2.24) is 0 Å². The lowest BCUT2D eigenvalue weighted by molar-refractivity contribution is -0.122. The molecule has 0 aliphatic carbocycles. The average molecular weight is 593 g/mol. The van der Waals surface area contributed by atoms with Crippen molar-refractivity contribution in [2.24, 2.45) is 0 Å². The van der Waals surface area contributed by atoms with Gasteiger partial charge in [0.15, 0.2) is 13.2 Å². The van der Waals surface area contributed by atoms with Gasteiger partial charge in [-0.25, -0.2) is 0 Å². The number of nitrogens with zero attached hydrogens (tertiary/aromatic N) is 2. The SMILES string of the molecule is CC[C@H](C)c1ccccc1OCC(=O)N(CCN(C(=O)COc1ccccc1[C@@H](C)CC)c1ccccc1)c1ccccc1. The maximum atomic E-state index is 13.7. The summed E-state index contributed by atoms with van der Waals surface area (Å²) in [4.78, 5) is 30.8. The van der Waals surface area contributed by atoms with Crippen LogP contribution in [0.4, 0.5) is 11.4 Å². The number of benzene rings is 4. The van der Waals surface area contributed by atoms with Crippen LogP contribution in [0, 0.1) is 0 Å². The van der Waals surface area contributed by atoms with Gasteiger partial charge in [-0.05, 0) is 72.2 Å². The van der Waals surface area contributed by atoms with Gasteiger partial charge in [-0.2, -0.15) is 0 Å². The molecule has 0 heterocycles. The van der Waals surface area contributed by atoms with Crippen LogP contribution in [0.3, 0.4) is 0 Å². The number of hydrogen-bond acceptors (Lipinski definition) is 4. The number of para-hydroxylation sites is 4. The third-order valence-corrected chi connectivity index (χ3v) is 8.11. The van der Waals surface area contributed by atoms with E-state index in [-0.39, 0.29) is 38.1 Å². The molecule has 0 aliphatic heterocycles. The lowest BCUT2D eigenvalue weighted by Crippen LogP contribution is -2.44. The van der Waals surface area contributed by atoms with Crippen molar-refractivity contribution in [3.05, 3.63) is 120 Å². The van der Waals surface area contributed by atoms with Crippen molar-refractivity contribution in [3.63, 3.8) is 0 Å². The van der Waals surface area contributed by atoms with E-state index in [1.807, 2.05) is 97.1 Å². The van der Waals surface area contributed by atoms with Gasteiger partial charge in [0.05, 0.1) is 0 Å². The molecule has 0 bridgehead atoms. The van der Waals surface area contributed by atoms with E-state index >= 15 is 0 Å². The maximum absolute atomic E-state index is 13.7. The molecule has 0 N–H and O–H groups in total. The molecule has 0 saturated carbocycles. The van der Waals surface area contributed by atoms with E-state index in [0.717, 1.165) is 46.8 Å². The van der Waals surface area contributed by atoms with Crippen molar-refractivity contribution in [3.8, 4) is 11.5 Å². The van der Waals surface area contributed by atoms with E-state index in [2.05, 4.69) is 39.8 Å². The Kier molecular flexibility index (Phi) is 12.0. The number of carbonyl (C=O) groups excluding carboxylic acids is 2. The Labute approximate surface area is 262 Å². The number of carbonyl (C=O) groups is 2. The molecule has 2 atom stereocenters. The fourth-order valence-electron chi connectivity index (χ4n) is 5.12. The minimum atomic E-state index is -0.186. The first-order chi connectivity index (χ1) is 21.4. The minimum absolute atomic E-state index is 0.114. The van der Waals surface area contributed by atoms with Crippen LogP contribution >= 0.6 is 0 Å². The van der Waals surface area contributed by atoms with Crippen molar-refractivity contribution in [1.29, 1.82) is 0 Å². The molecule has 6 nitrogen and oxygen atoms in total. The van der Waals surface area contributed by atoms with Crippen LogP contribution in [-0.4, -0.2) is 38.1 Å². The summed E-state index contributed by atoms with van der Waals surface area (Å²) in [6.45, 7) is 8.92. The molecule has 44 heavy (non-hydrogen) atoms. The molecule has 0 spiro atoms. The number of amides is 2. The summed E-state index contributed by atoms with van der Waals surface area (Å²) in [6.07, 6.45) is 1.95. The summed E-state index contributed by atoms with van der Waals surface area (Å²) in [6, 6.07) is 34.8. The Bertz CT molecular complexity index is 1360. The Morgan fingerprint density at radius 1 is 0.545 bits per heavy atom. The summed E-state index contributed by atoms with van der Waals surface area (Å²) in [5.41, 5.74) is 3.67. The van der Waals surface area contributed by atoms with Gasteiger partial charge >= 0.3 is 0 Å². The molecule has 0 radical (unpaired) electrons. The number of rotatable bonds is 15. The minimum Gasteiger partial charge on any atom is -0.483 e. The molecule has 0 aliphatic rings. The monoisotopic (exact) mass is 592 g/mol. The smallest absolute Gasteiger partial charge is 0.264 e. The fraction of sp³-hybridized carbons (Fsp3) is 0.316. The third-order valence-electron chi connectivity index (χ3n) is 8.11. The zero-order chi connectivity index (χ0) is 31.3. The van der Waals surface area contributed by atoms with Crippen LogP contribution < -0.4 is 19.3 Å². The van der Waals surface area contributed by atoms with E-state index in [0.29, 0.717) is 11.8 Å². The first-order valence-electron chi connectivity index (χ1n) is 15.6. The molecule has 0 unspecified atom stereocenters. The number of hydrogen-bond donors (Lipinski definition) is 0. The van der Waals surface area contributed by atoms with Crippen LogP contribution in [-0.2, 0) is 9.59 Å². The zero-order valence-corrected chi connectivity index (χ0v) is 26.3. The van der Waals surface area contributed by atoms with Gasteiger partial charge in [0, 0.05) is 24.5 Å². The van der Waals surface area contributed by atoms with Crippen LogP contribution in [0.25, 0.3) is 0 Å². The van der Waals surface area contributed by atoms with Gasteiger partial charge in [-0.15, -0.1) is 0 Å². The highest BCUT2D eigenvalue weighted by molar-refractivity contribution is 5.96. The third kappa shape index (κ3) is 8.50. The van der Waals surface area contributed by atoms with Crippen molar-refractivity contribution >= 4 is 23.2 Å². The average Bonchev–Trinajstić information content (AvgIpc) is 3.08. The number of anilines is 2. The lowest BCUT2D eigenvalue weighted by atomic mass is 9.98. The normalized spacial score (nSPS) is 12.2. The van der Waals surface area contributed by atoms with Gasteiger partial charge in [0.1, 0.15) is 11.5 Å². The molecular weight excluding hydrogens is 548 g/mol. The predicted molar refractivity (Wildman–Crippen MR) is 179 cm³/mol. The Balaban J connectivity index is 1.52. The summed E-state index contributed by atoms with van der Waals surface area (Å²) in [5, 5.41) is 0. The standard InChI is InChI=1S/C38H44N2O4/c1-5-29(3)33-21-13-15-23-35(33)43-27-37(41)39(31-17-9-7-10-18-31)25-26-40(32-19-11-8-12-20-32)38(42)28-44-36-24-16-14-22-34(36)30(4)6-2/h7-24,29-30H,5-6,25-28H2,1-4H3/t29-,30-/m0/s1. The van der Waals surface area contributed by atoms with Gasteiger partial charge in [-0.1, -0.05) is 100 Å². The Morgan fingerprint density at radius 2 is 0.886 bits per heavy atom. The molecule has 4 aromatic rings. The molecule has 4 rings (SSSR count). The summed E-state index contributed by atoms with van der Waals surface area (Å²) < 4.78 is 12.2. The highest BCUT2D eigenvalue weighted by Gasteiger charge is 2.23. The Morgan fingerprint density at radius 3 is 1.25 bits per heavy atom. The van der Waals surface area contributed by atoms with Gasteiger partial charge in [0.2, 0.25) is 0 Å². The van der Waals surface area contributed by atoms with Crippen LogP contribution in [0.2, 0.25) is 0 Å². The molecule has 6 heteroatoms. The molecule has 230 valence electrons. The van der Waals surface area contributed by atoms with E-state index in [9.17, 15) is 9.59 Å². The van der Waals surface area contributed by atoms with Crippen molar-refractivity contribution < 1.29 is 19.1 Å². The van der Waals surface area contributed by atoms with Gasteiger partial charge in [0.25, 0.3) is 11.8 Å². The van der Waals surface area contributed by atoms with Crippen LogP contribution in [0.1, 0.15) is 63.5 Å². The molecule has 4 aromatic carbocycles. The van der Waals surface area contributed by atoms with E-state index in [1.165, 1.54) is 0 Å². The topological polar surface area (TPSA) is 59.1 Å². The lowest BCUT2D eigenvalue weighted by Gasteiger charge is -2.28. The molecule has 0 saturated heterocycles. The van der Waals surface area contributed by atoms with Crippen molar-refractivity contribution in [2.75, 3.05) is 36.1 Å².